The average molecular weight is 460 g/mol. The van der Waals surface area contributed by atoms with Gasteiger partial charge < -0.3 is 25.4 Å². The van der Waals surface area contributed by atoms with Gasteiger partial charge in [0.2, 0.25) is 17.7 Å². The number of carbonyl (C=O) groups excluding carboxylic acids is 3. The summed E-state index contributed by atoms with van der Waals surface area (Å²) in [6.45, 7) is 3.00. The molecule has 9 heteroatoms. The molecule has 3 aliphatic heterocycles. The summed E-state index contributed by atoms with van der Waals surface area (Å²) in [6.07, 6.45) is 3.06. The smallest absolute Gasteiger partial charge is 0.245 e. The second-order valence-electron chi connectivity index (χ2n) is 7.88. The maximum atomic E-state index is 13.4. The first-order valence-electron chi connectivity index (χ1n) is 10.2. The van der Waals surface area contributed by atoms with Gasteiger partial charge in [-0.3, -0.25) is 14.4 Å². The van der Waals surface area contributed by atoms with E-state index in [4.69, 9.17) is 9.84 Å². The molecule has 3 amide bonds. The third kappa shape index (κ3) is 3.35. The molecule has 3 heterocycles. The largest absolute Gasteiger partial charge is 0.396 e. The van der Waals surface area contributed by atoms with Crippen molar-refractivity contribution in [3.8, 4) is 0 Å². The first kappa shape index (κ1) is 21.5. The molecule has 0 aliphatic carbocycles. The van der Waals surface area contributed by atoms with Gasteiger partial charge in [-0.05, 0) is 25.7 Å². The first-order chi connectivity index (χ1) is 13.4. The molecule has 0 aromatic heterocycles. The molecule has 2 bridgehead atoms. The van der Waals surface area contributed by atoms with Crippen molar-refractivity contribution >= 4 is 33.7 Å². The Bertz CT molecular complexity index is 633. The molecule has 0 radical (unpaired) electrons. The molecule has 3 saturated heterocycles. The summed E-state index contributed by atoms with van der Waals surface area (Å²) < 4.78 is 6.30. The Labute approximate surface area is 173 Å². The topological polar surface area (TPSA) is 108 Å². The zero-order chi connectivity index (χ0) is 20.5. The molecule has 0 aromatic rings. The minimum atomic E-state index is -0.984. The van der Waals surface area contributed by atoms with Crippen LogP contribution in [0.4, 0.5) is 0 Å². The standard InChI is InChI=1S/C19H30BrN3O5/c1-3-4-7-22-17(26)15-19-10-11(20)14(28-19)12(16(25)21-2)13(19)18(27)23(15)8-5-6-9-24/h11-15,24H,3-10H2,1-2H3,(H,21,25)(H,22,26)/t11?,12-,13-,14-,15?,19?/m0/s1. The number of aliphatic hydroxyl groups is 1. The van der Waals surface area contributed by atoms with Crippen molar-refractivity contribution in [3.63, 3.8) is 0 Å². The zero-order valence-electron chi connectivity index (χ0n) is 16.4. The molecule has 3 fully saturated rings. The van der Waals surface area contributed by atoms with Crippen molar-refractivity contribution in [2.45, 2.75) is 61.6 Å². The number of amides is 3. The molecule has 3 N–H and O–H groups in total. The van der Waals surface area contributed by atoms with Crippen molar-refractivity contribution in [2.24, 2.45) is 11.8 Å². The highest BCUT2D eigenvalue weighted by Gasteiger charge is 2.76. The summed E-state index contributed by atoms with van der Waals surface area (Å²) >= 11 is 3.61. The predicted octanol–water partition coefficient (Wildman–Crippen LogP) is 0.169. The molecule has 3 rings (SSSR count). The van der Waals surface area contributed by atoms with E-state index < -0.39 is 29.6 Å². The fraction of sp³-hybridized carbons (Fsp3) is 0.842. The van der Waals surface area contributed by atoms with Crippen LogP contribution >= 0.6 is 15.9 Å². The molecule has 1 spiro atoms. The number of hydrogen-bond acceptors (Lipinski definition) is 5. The van der Waals surface area contributed by atoms with E-state index in [0.717, 1.165) is 12.8 Å². The fourth-order valence-corrected chi connectivity index (χ4v) is 5.96. The number of rotatable bonds is 9. The van der Waals surface area contributed by atoms with E-state index in [2.05, 4.69) is 26.6 Å². The van der Waals surface area contributed by atoms with Crippen LogP contribution in [-0.4, -0.2) is 77.0 Å². The summed E-state index contributed by atoms with van der Waals surface area (Å²) in [7, 11) is 1.55. The highest BCUT2D eigenvalue weighted by atomic mass is 79.9. The van der Waals surface area contributed by atoms with Crippen molar-refractivity contribution in [1.29, 1.82) is 0 Å². The second-order valence-corrected chi connectivity index (χ2v) is 9.06. The number of ether oxygens (including phenoxy) is 1. The normalized spacial score (nSPS) is 35.9. The fourth-order valence-electron chi connectivity index (χ4n) is 5.02. The van der Waals surface area contributed by atoms with Crippen LogP contribution in [0.5, 0.6) is 0 Å². The van der Waals surface area contributed by atoms with Gasteiger partial charge >= 0.3 is 0 Å². The van der Waals surface area contributed by atoms with E-state index in [0.29, 0.717) is 32.4 Å². The van der Waals surface area contributed by atoms with Gasteiger partial charge in [0.05, 0.1) is 17.9 Å². The number of aliphatic hydroxyl groups excluding tert-OH is 1. The number of nitrogens with zero attached hydrogens (tertiary/aromatic N) is 1. The Kier molecular flexibility index (Phi) is 6.66. The summed E-state index contributed by atoms with van der Waals surface area (Å²) in [6, 6.07) is -0.750. The molecule has 0 aromatic carbocycles. The van der Waals surface area contributed by atoms with Crippen LogP contribution in [0.15, 0.2) is 0 Å². The third-order valence-electron chi connectivity index (χ3n) is 6.22. The lowest BCUT2D eigenvalue weighted by Crippen LogP contribution is -2.56. The van der Waals surface area contributed by atoms with Crippen LogP contribution in [0.3, 0.4) is 0 Å². The predicted molar refractivity (Wildman–Crippen MR) is 106 cm³/mol. The molecule has 158 valence electrons. The Morgan fingerprint density at radius 1 is 1.32 bits per heavy atom. The van der Waals surface area contributed by atoms with Gasteiger partial charge in [0.15, 0.2) is 0 Å². The van der Waals surface area contributed by atoms with Crippen LogP contribution < -0.4 is 10.6 Å². The van der Waals surface area contributed by atoms with Crippen LogP contribution in [0.25, 0.3) is 0 Å². The number of nitrogens with one attached hydrogen (secondary N) is 2. The molecular formula is C19H30BrN3O5. The Balaban J connectivity index is 1.93. The van der Waals surface area contributed by atoms with Crippen molar-refractivity contribution in [2.75, 3.05) is 26.7 Å². The zero-order valence-corrected chi connectivity index (χ0v) is 18.0. The van der Waals surface area contributed by atoms with Crippen molar-refractivity contribution in [1.82, 2.24) is 15.5 Å². The van der Waals surface area contributed by atoms with Crippen LogP contribution in [0, 0.1) is 11.8 Å². The molecule has 8 nitrogen and oxygen atoms in total. The third-order valence-corrected chi connectivity index (χ3v) is 7.07. The lowest BCUT2D eigenvalue weighted by molar-refractivity contribution is -0.142. The van der Waals surface area contributed by atoms with E-state index in [1.807, 2.05) is 6.92 Å². The number of fused-ring (bicyclic) bond motifs is 1. The number of unbranched alkanes of at least 4 members (excludes halogenated alkanes) is 2. The maximum Gasteiger partial charge on any atom is 0.245 e. The maximum absolute atomic E-state index is 13.4. The number of alkyl halides is 1. The summed E-state index contributed by atoms with van der Waals surface area (Å²) in [5, 5.41) is 14.7. The summed E-state index contributed by atoms with van der Waals surface area (Å²) in [5.41, 5.74) is -0.984. The van der Waals surface area contributed by atoms with E-state index in [1.54, 1.807) is 11.9 Å². The van der Waals surface area contributed by atoms with E-state index >= 15 is 0 Å². The second kappa shape index (κ2) is 8.67. The molecule has 3 aliphatic rings. The quantitative estimate of drug-likeness (QED) is 0.336. The number of halogens is 1. The Morgan fingerprint density at radius 2 is 2.07 bits per heavy atom. The SMILES string of the molecule is CCCCNC(=O)C1N(CCCCO)C(=O)[C@@H]2[C@H](C(=O)NC)[C@H]3OC12CC3Br. The number of hydrogen-bond donors (Lipinski definition) is 3. The highest BCUT2D eigenvalue weighted by Crippen LogP contribution is 2.59. The van der Waals surface area contributed by atoms with Gasteiger partial charge in [0.25, 0.3) is 0 Å². The lowest BCUT2D eigenvalue weighted by Gasteiger charge is -2.34. The van der Waals surface area contributed by atoms with Gasteiger partial charge in [-0.25, -0.2) is 0 Å². The average Bonchev–Trinajstić information content (AvgIpc) is 3.25. The van der Waals surface area contributed by atoms with Gasteiger partial charge in [-0.15, -0.1) is 0 Å². The lowest BCUT2D eigenvalue weighted by atomic mass is 9.70. The highest BCUT2D eigenvalue weighted by molar-refractivity contribution is 9.09. The van der Waals surface area contributed by atoms with Gasteiger partial charge in [-0.2, -0.15) is 0 Å². The first-order valence-corrected chi connectivity index (χ1v) is 11.1. The molecule has 28 heavy (non-hydrogen) atoms. The summed E-state index contributed by atoms with van der Waals surface area (Å²) in [4.78, 5) is 40.6. The van der Waals surface area contributed by atoms with Gasteiger partial charge in [0.1, 0.15) is 11.6 Å². The van der Waals surface area contributed by atoms with Crippen molar-refractivity contribution in [3.05, 3.63) is 0 Å². The van der Waals surface area contributed by atoms with Crippen LogP contribution in [-0.2, 0) is 19.1 Å². The minimum Gasteiger partial charge on any atom is -0.396 e. The van der Waals surface area contributed by atoms with Crippen LogP contribution in [0.1, 0.15) is 39.0 Å². The molecule has 6 atom stereocenters. The minimum absolute atomic E-state index is 0.0346. The molecular weight excluding hydrogens is 430 g/mol. The Hall–Kier alpha value is -1.19. The van der Waals surface area contributed by atoms with E-state index in [9.17, 15) is 14.4 Å². The molecule has 3 unspecified atom stereocenters. The molecule has 0 saturated carbocycles. The van der Waals surface area contributed by atoms with Crippen LogP contribution in [0.2, 0.25) is 0 Å². The number of likely N-dealkylation sites (tertiary alicyclic amines) is 1. The monoisotopic (exact) mass is 459 g/mol. The van der Waals surface area contributed by atoms with E-state index in [1.165, 1.54) is 0 Å². The van der Waals surface area contributed by atoms with Gasteiger partial charge in [0, 0.05) is 31.6 Å². The van der Waals surface area contributed by atoms with Gasteiger partial charge in [-0.1, -0.05) is 29.3 Å². The summed E-state index contributed by atoms with van der Waals surface area (Å²) in [5.74, 6) is -1.89. The number of carbonyl (C=O) groups is 3. The van der Waals surface area contributed by atoms with Crippen molar-refractivity contribution < 1.29 is 24.2 Å². The van der Waals surface area contributed by atoms with E-state index in [-0.39, 0.29) is 29.2 Å². The Morgan fingerprint density at radius 3 is 2.71 bits per heavy atom.